The Balaban J connectivity index is 1.73. The van der Waals surface area contributed by atoms with E-state index in [4.69, 9.17) is 9.47 Å². The van der Waals surface area contributed by atoms with Crippen molar-refractivity contribution in [1.29, 1.82) is 0 Å². The van der Waals surface area contributed by atoms with E-state index in [9.17, 15) is 9.59 Å². The van der Waals surface area contributed by atoms with Gasteiger partial charge in [-0.1, -0.05) is 0 Å². The highest BCUT2D eigenvalue weighted by Crippen LogP contribution is 2.32. The number of benzene rings is 2. The van der Waals surface area contributed by atoms with Crippen molar-refractivity contribution in [2.75, 3.05) is 26.2 Å². The third-order valence-corrected chi connectivity index (χ3v) is 5.37. The van der Waals surface area contributed by atoms with E-state index in [0.29, 0.717) is 40.2 Å². The van der Waals surface area contributed by atoms with Crippen LogP contribution in [0.1, 0.15) is 29.0 Å². The lowest BCUT2D eigenvalue weighted by Crippen LogP contribution is -2.29. The summed E-state index contributed by atoms with van der Waals surface area (Å²) in [5.74, 6) is 1.76. The van der Waals surface area contributed by atoms with E-state index < -0.39 is 0 Å². The van der Waals surface area contributed by atoms with Crippen molar-refractivity contribution >= 4 is 22.5 Å². The fourth-order valence-electron chi connectivity index (χ4n) is 3.74. The first kappa shape index (κ1) is 19.0. The molecule has 3 aromatic rings. The van der Waals surface area contributed by atoms with Crippen LogP contribution >= 0.6 is 0 Å². The second kappa shape index (κ2) is 7.58. The molecule has 1 aromatic heterocycles. The lowest BCUT2D eigenvalue weighted by molar-refractivity contribution is 0.0992. The highest BCUT2D eigenvalue weighted by molar-refractivity contribution is 6.08. The van der Waals surface area contributed by atoms with Gasteiger partial charge in [-0.05, 0) is 43.2 Å². The SMILES string of the molecule is COc1ccc(N(C)C(=O)c2ccc3c(=O)n4c(nc3c2)CCCC4)c(OC)c1. The molecule has 0 aliphatic carbocycles. The summed E-state index contributed by atoms with van der Waals surface area (Å²) < 4.78 is 12.4. The molecule has 0 atom stereocenters. The molecule has 0 N–H and O–H groups in total. The normalized spacial score (nSPS) is 13.1. The van der Waals surface area contributed by atoms with Gasteiger partial charge in [0.2, 0.25) is 0 Å². The lowest BCUT2D eigenvalue weighted by atomic mass is 10.1. The van der Waals surface area contributed by atoms with E-state index in [1.165, 1.54) is 4.90 Å². The molecule has 0 saturated heterocycles. The first-order valence-corrected chi connectivity index (χ1v) is 9.57. The zero-order chi connectivity index (χ0) is 20.5. The quantitative estimate of drug-likeness (QED) is 0.681. The number of aromatic nitrogens is 2. The molecule has 29 heavy (non-hydrogen) atoms. The number of rotatable bonds is 4. The first-order chi connectivity index (χ1) is 14.0. The smallest absolute Gasteiger partial charge is 0.261 e. The van der Waals surface area contributed by atoms with E-state index in [0.717, 1.165) is 25.1 Å². The van der Waals surface area contributed by atoms with Gasteiger partial charge in [-0.3, -0.25) is 14.2 Å². The van der Waals surface area contributed by atoms with Gasteiger partial charge < -0.3 is 14.4 Å². The maximum Gasteiger partial charge on any atom is 0.261 e. The van der Waals surface area contributed by atoms with Crippen molar-refractivity contribution in [1.82, 2.24) is 9.55 Å². The fourth-order valence-corrected chi connectivity index (χ4v) is 3.74. The molecule has 2 aromatic carbocycles. The van der Waals surface area contributed by atoms with Crippen LogP contribution in [0.2, 0.25) is 0 Å². The van der Waals surface area contributed by atoms with Gasteiger partial charge >= 0.3 is 0 Å². The molecule has 1 aliphatic rings. The number of methoxy groups -OCH3 is 2. The molecule has 0 saturated carbocycles. The van der Waals surface area contributed by atoms with Crippen LogP contribution in [-0.4, -0.2) is 36.7 Å². The molecule has 0 bridgehead atoms. The van der Waals surface area contributed by atoms with Gasteiger partial charge in [0, 0.05) is 31.6 Å². The average molecular weight is 393 g/mol. The summed E-state index contributed by atoms with van der Waals surface area (Å²) in [6.45, 7) is 0.706. The second-order valence-electron chi connectivity index (χ2n) is 7.08. The highest BCUT2D eigenvalue weighted by atomic mass is 16.5. The van der Waals surface area contributed by atoms with Crippen LogP contribution in [0.5, 0.6) is 11.5 Å². The van der Waals surface area contributed by atoms with Gasteiger partial charge in [-0.25, -0.2) is 4.98 Å². The topological polar surface area (TPSA) is 73.7 Å². The van der Waals surface area contributed by atoms with Crippen LogP contribution in [0.4, 0.5) is 5.69 Å². The van der Waals surface area contributed by atoms with Crippen molar-refractivity contribution in [3.8, 4) is 11.5 Å². The minimum Gasteiger partial charge on any atom is -0.497 e. The number of ether oxygens (including phenoxy) is 2. The largest absolute Gasteiger partial charge is 0.497 e. The monoisotopic (exact) mass is 393 g/mol. The van der Waals surface area contributed by atoms with E-state index in [1.54, 1.807) is 62.2 Å². The molecule has 1 aliphatic heterocycles. The minimum atomic E-state index is -0.213. The number of hydrogen-bond acceptors (Lipinski definition) is 5. The van der Waals surface area contributed by atoms with Crippen molar-refractivity contribution < 1.29 is 14.3 Å². The summed E-state index contributed by atoms with van der Waals surface area (Å²) in [7, 11) is 4.81. The van der Waals surface area contributed by atoms with Gasteiger partial charge in [-0.2, -0.15) is 0 Å². The van der Waals surface area contributed by atoms with E-state index in [2.05, 4.69) is 4.98 Å². The van der Waals surface area contributed by atoms with Crippen LogP contribution in [0.25, 0.3) is 10.9 Å². The van der Waals surface area contributed by atoms with E-state index in [1.807, 2.05) is 0 Å². The summed E-state index contributed by atoms with van der Waals surface area (Å²) in [5, 5.41) is 0.539. The number of carbonyl (C=O) groups excluding carboxylic acids is 1. The fraction of sp³-hybridized carbons (Fsp3) is 0.318. The predicted molar refractivity (Wildman–Crippen MR) is 111 cm³/mol. The second-order valence-corrected chi connectivity index (χ2v) is 7.08. The molecule has 0 fully saturated rings. The number of carbonyl (C=O) groups is 1. The van der Waals surface area contributed by atoms with E-state index in [-0.39, 0.29) is 11.5 Å². The van der Waals surface area contributed by atoms with Crippen molar-refractivity contribution in [3.05, 3.63) is 58.1 Å². The molecule has 150 valence electrons. The minimum absolute atomic E-state index is 0.0334. The third kappa shape index (κ3) is 3.33. The molecular weight excluding hydrogens is 370 g/mol. The molecule has 4 rings (SSSR count). The molecule has 7 nitrogen and oxygen atoms in total. The first-order valence-electron chi connectivity index (χ1n) is 9.57. The van der Waals surface area contributed by atoms with Crippen LogP contribution in [0.3, 0.4) is 0 Å². The number of nitrogens with zero attached hydrogens (tertiary/aromatic N) is 3. The van der Waals surface area contributed by atoms with Crippen LogP contribution in [-0.2, 0) is 13.0 Å². The summed E-state index contributed by atoms with van der Waals surface area (Å²) >= 11 is 0. The summed E-state index contributed by atoms with van der Waals surface area (Å²) in [6, 6.07) is 10.3. The maximum absolute atomic E-state index is 13.1. The summed E-state index contributed by atoms with van der Waals surface area (Å²) in [4.78, 5) is 32.0. The lowest BCUT2D eigenvalue weighted by Gasteiger charge is -2.21. The Hall–Kier alpha value is -3.35. The Morgan fingerprint density at radius 3 is 2.69 bits per heavy atom. The Labute approximate surface area is 168 Å². The molecular formula is C22H23N3O4. The molecule has 0 spiro atoms. The molecule has 0 radical (unpaired) electrons. The van der Waals surface area contributed by atoms with Crippen molar-refractivity contribution in [3.63, 3.8) is 0 Å². The third-order valence-electron chi connectivity index (χ3n) is 5.37. The number of amides is 1. The molecule has 7 heteroatoms. The zero-order valence-corrected chi connectivity index (χ0v) is 16.8. The van der Waals surface area contributed by atoms with Gasteiger partial charge in [0.05, 0.1) is 30.8 Å². The van der Waals surface area contributed by atoms with Crippen molar-refractivity contribution in [2.45, 2.75) is 25.8 Å². The average Bonchev–Trinajstić information content (AvgIpc) is 2.77. The number of anilines is 1. The van der Waals surface area contributed by atoms with Gasteiger partial charge in [0.15, 0.2) is 0 Å². The molecule has 2 heterocycles. The number of hydrogen-bond donors (Lipinski definition) is 0. The maximum atomic E-state index is 13.1. The highest BCUT2D eigenvalue weighted by Gasteiger charge is 2.20. The van der Waals surface area contributed by atoms with Crippen molar-refractivity contribution in [2.24, 2.45) is 0 Å². The van der Waals surface area contributed by atoms with Gasteiger partial charge in [0.25, 0.3) is 11.5 Å². The Kier molecular flexibility index (Phi) is 4.96. The summed E-state index contributed by atoms with van der Waals surface area (Å²) in [6.07, 6.45) is 2.80. The van der Waals surface area contributed by atoms with Gasteiger partial charge in [0.1, 0.15) is 17.3 Å². The van der Waals surface area contributed by atoms with Gasteiger partial charge in [-0.15, -0.1) is 0 Å². The zero-order valence-electron chi connectivity index (χ0n) is 16.8. The Morgan fingerprint density at radius 1 is 1.10 bits per heavy atom. The number of aryl methyl sites for hydroxylation is 1. The Morgan fingerprint density at radius 2 is 1.93 bits per heavy atom. The Bertz CT molecular complexity index is 1150. The predicted octanol–water partition coefficient (Wildman–Crippen LogP) is 3.03. The standard InChI is InChI=1S/C22H23N3O4/c1-24(18-10-8-15(28-2)13-19(18)29-3)21(26)14-7-9-16-17(12-14)23-20-6-4-5-11-25(20)22(16)27/h7-10,12-13H,4-6,11H2,1-3H3. The van der Waals surface area contributed by atoms with Crippen LogP contribution in [0, 0.1) is 0 Å². The van der Waals surface area contributed by atoms with Crippen LogP contribution in [0.15, 0.2) is 41.2 Å². The molecule has 1 amide bonds. The summed E-state index contributed by atoms with van der Waals surface area (Å²) in [5.41, 5.74) is 1.61. The number of fused-ring (bicyclic) bond motifs is 2. The molecule has 0 unspecified atom stereocenters. The van der Waals surface area contributed by atoms with E-state index >= 15 is 0 Å². The van der Waals surface area contributed by atoms with Crippen LogP contribution < -0.4 is 19.9 Å².